The van der Waals surface area contributed by atoms with Crippen molar-refractivity contribution in [2.45, 2.75) is 44.6 Å². The van der Waals surface area contributed by atoms with Crippen LogP contribution in [0.4, 0.5) is 0 Å². The van der Waals surface area contributed by atoms with Crippen LogP contribution < -0.4 is 5.32 Å². The van der Waals surface area contributed by atoms with Gasteiger partial charge in [-0.2, -0.15) is 0 Å². The molecule has 0 spiro atoms. The maximum absolute atomic E-state index is 5.53. The van der Waals surface area contributed by atoms with Gasteiger partial charge in [-0.25, -0.2) is 0 Å². The Bertz CT molecular complexity index is 405. The normalized spacial score (nSPS) is 30.9. The number of aryl methyl sites for hydroxylation is 1. The highest BCUT2D eigenvalue weighted by atomic mass is 16.5. The summed E-state index contributed by atoms with van der Waals surface area (Å²) in [6.45, 7) is 5.25. The second-order valence-electron chi connectivity index (χ2n) is 6.27. The largest absolute Gasteiger partial charge is 0.381 e. The van der Waals surface area contributed by atoms with Crippen LogP contribution in [0.5, 0.6) is 0 Å². The average molecular weight is 259 g/mol. The van der Waals surface area contributed by atoms with E-state index >= 15 is 0 Å². The molecule has 1 heterocycles. The van der Waals surface area contributed by atoms with E-state index in [9.17, 15) is 0 Å². The van der Waals surface area contributed by atoms with Crippen LogP contribution in [0.2, 0.25) is 0 Å². The van der Waals surface area contributed by atoms with Crippen molar-refractivity contribution in [3.8, 4) is 0 Å². The highest BCUT2D eigenvalue weighted by Gasteiger charge is 2.30. The van der Waals surface area contributed by atoms with Crippen molar-refractivity contribution in [2.24, 2.45) is 5.92 Å². The van der Waals surface area contributed by atoms with Gasteiger partial charge in [0.25, 0.3) is 0 Å². The van der Waals surface area contributed by atoms with Gasteiger partial charge in [-0.1, -0.05) is 29.8 Å². The summed E-state index contributed by atoms with van der Waals surface area (Å²) in [6, 6.07) is 9.72. The zero-order valence-corrected chi connectivity index (χ0v) is 11.9. The number of rotatable bonds is 4. The Morgan fingerprint density at radius 2 is 2.21 bits per heavy atom. The van der Waals surface area contributed by atoms with E-state index in [1.54, 1.807) is 0 Å². The number of hydrogen-bond donors (Lipinski definition) is 1. The van der Waals surface area contributed by atoms with Crippen LogP contribution in [-0.2, 0) is 4.74 Å². The van der Waals surface area contributed by atoms with Gasteiger partial charge in [0.05, 0.1) is 6.61 Å². The molecule has 2 nitrogen and oxygen atoms in total. The molecule has 1 aromatic rings. The first-order valence-electron chi connectivity index (χ1n) is 7.69. The predicted molar refractivity (Wildman–Crippen MR) is 78.5 cm³/mol. The van der Waals surface area contributed by atoms with E-state index in [1.165, 1.54) is 36.8 Å². The van der Waals surface area contributed by atoms with Crippen LogP contribution in [-0.4, -0.2) is 25.8 Å². The van der Waals surface area contributed by atoms with Gasteiger partial charge in [-0.05, 0) is 50.0 Å². The van der Waals surface area contributed by atoms with E-state index in [-0.39, 0.29) is 0 Å². The van der Waals surface area contributed by atoms with Crippen molar-refractivity contribution < 1.29 is 4.74 Å². The molecule has 0 bridgehead atoms. The van der Waals surface area contributed by atoms with Crippen molar-refractivity contribution in [2.75, 3.05) is 19.8 Å². The first-order chi connectivity index (χ1) is 9.31. The first-order valence-corrected chi connectivity index (χ1v) is 7.69. The first kappa shape index (κ1) is 13.1. The van der Waals surface area contributed by atoms with Gasteiger partial charge in [-0.3, -0.25) is 0 Å². The van der Waals surface area contributed by atoms with Gasteiger partial charge in [-0.15, -0.1) is 0 Å². The van der Waals surface area contributed by atoms with Crippen molar-refractivity contribution in [3.05, 3.63) is 35.4 Å². The van der Waals surface area contributed by atoms with E-state index < -0.39 is 0 Å². The lowest BCUT2D eigenvalue weighted by atomic mass is 9.75. The summed E-state index contributed by atoms with van der Waals surface area (Å²) in [6.07, 6.45) is 5.18. The van der Waals surface area contributed by atoms with E-state index in [4.69, 9.17) is 4.74 Å². The Labute approximate surface area is 116 Å². The number of ether oxygens (including phenoxy) is 1. The molecule has 0 amide bonds. The van der Waals surface area contributed by atoms with Gasteiger partial charge < -0.3 is 10.1 Å². The molecule has 3 rings (SSSR count). The number of benzene rings is 1. The average Bonchev–Trinajstić information content (AvgIpc) is 2.38. The molecule has 1 saturated heterocycles. The maximum atomic E-state index is 5.53. The lowest BCUT2D eigenvalue weighted by Gasteiger charge is -2.37. The summed E-state index contributed by atoms with van der Waals surface area (Å²) in [5.41, 5.74) is 2.91. The Hall–Kier alpha value is -0.860. The summed E-state index contributed by atoms with van der Waals surface area (Å²) in [4.78, 5) is 0. The summed E-state index contributed by atoms with van der Waals surface area (Å²) in [5.74, 6) is 1.52. The zero-order valence-electron chi connectivity index (χ0n) is 11.9. The Morgan fingerprint density at radius 3 is 2.95 bits per heavy atom. The van der Waals surface area contributed by atoms with E-state index in [0.717, 1.165) is 37.6 Å². The fraction of sp³-hybridized carbons (Fsp3) is 0.647. The molecule has 0 aromatic heterocycles. The molecule has 1 N–H and O–H groups in total. The third kappa shape index (κ3) is 3.37. The molecule has 1 aliphatic carbocycles. The summed E-state index contributed by atoms with van der Waals surface area (Å²) >= 11 is 0. The van der Waals surface area contributed by atoms with E-state index in [2.05, 4.69) is 36.5 Å². The van der Waals surface area contributed by atoms with E-state index in [0.29, 0.717) is 0 Å². The van der Waals surface area contributed by atoms with Crippen LogP contribution in [0, 0.1) is 12.8 Å². The summed E-state index contributed by atoms with van der Waals surface area (Å²) in [7, 11) is 0. The SMILES string of the molecule is Cc1cccc(C2CC(NCC3CCCOC3)C2)c1. The molecule has 2 aliphatic rings. The molecule has 0 radical (unpaired) electrons. The molecule has 1 atom stereocenters. The van der Waals surface area contributed by atoms with Crippen LogP contribution >= 0.6 is 0 Å². The zero-order chi connectivity index (χ0) is 13.1. The summed E-state index contributed by atoms with van der Waals surface area (Å²) in [5, 5.41) is 3.72. The van der Waals surface area contributed by atoms with Crippen LogP contribution in [0.3, 0.4) is 0 Å². The van der Waals surface area contributed by atoms with Crippen LogP contribution in [0.1, 0.15) is 42.7 Å². The van der Waals surface area contributed by atoms with Crippen LogP contribution in [0.15, 0.2) is 24.3 Å². The lowest BCUT2D eigenvalue weighted by Crippen LogP contribution is -2.43. The van der Waals surface area contributed by atoms with Gasteiger partial charge in [0.2, 0.25) is 0 Å². The molecule has 104 valence electrons. The number of nitrogens with one attached hydrogen (secondary N) is 1. The lowest BCUT2D eigenvalue weighted by molar-refractivity contribution is 0.0521. The van der Waals surface area contributed by atoms with Crippen molar-refractivity contribution in [3.63, 3.8) is 0 Å². The molecule has 1 unspecified atom stereocenters. The molecular formula is C17H25NO. The predicted octanol–water partition coefficient (Wildman–Crippen LogP) is 3.26. The van der Waals surface area contributed by atoms with Crippen molar-refractivity contribution >= 4 is 0 Å². The topological polar surface area (TPSA) is 21.3 Å². The third-order valence-electron chi connectivity index (χ3n) is 4.60. The number of hydrogen-bond acceptors (Lipinski definition) is 2. The molecule has 1 saturated carbocycles. The molecule has 1 aromatic carbocycles. The van der Waals surface area contributed by atoms with Gasteiger partial charge in [0.15, 0.2) is 0 Å². The van der Waals surface area contributed by atoms with Crippen LogP contribution in [0.25, 0.3) is 0 Å². The van der Waals surface area contributed by atoms with E-state index in [1.807, 2.05) is 0 Å². The maximum Gasteiger partial charge on any atom is 0.0506 e. The molecule has 1 aliphatic heterocycles. The quantitative estimate of drug-likeness (QED) is 0.896. The molecule has 19 heavy (non-hydrogen) atoms. The second kappa shape index (κ2) is 6.06. The van der Waals surface area contributed by atoms with Crippen molar-refractivity contribution in [1.29, 1.82) is 0 Å². The summed E-state index contributed by atoms with van der Waals surface area (Å²) < 4.78 is 5.53. The Morgan fingerprint density at radius 1 is 1.32 bits per heavy atom. The minimum atomic E-state index is 0.729. The smallest absolute Gasteiger partial charge is 0.0506 e. The van der Waals surface area contributed by atoms with Gasteiger partial charge >= 0.3 is 0 Å². The Balaban J connectivity index is 1.40. The third-order valence-corrected chi connectivity index (χ3v) is 4.60. The molecular weight excluding hydrogens is 234 g/mol. The van der Waals surface area contributed by atoms with Gasteiger partial charge in [0.1, 0.15) is 0 Å². The highest BCUT2D eigenvalue weighted by molar-refractivity contribution is 5.27. The van der Waals surface area contributed by atoms with Crippen molar-refractivity contribution in [1.82, 2.24) is 5.32 Å². The van der Waals surface area contributed by atoms with Gasteiger partial charge in [0, 0.05) is 19.2 Å². The fourth-order valence-corrected chi connectivity index (χ4v) is 3.28. The molecule has 2 heteroatoms. The molecule has 2 fully saturated rings. The second-order valence-corrected chi connectivity index (χ2v) is 6.27. The highest BCUT2D eigenvalue weighted by Crippen LogP contribution is 2.37. The monoisotopic (exact) mass is 259 g/mol. The fourth-order valence-electron chi connectivity index (χ4n) is 3.28. The minimum absolute atomic E-state index is 0.729. The minimum Gasteiger partial charge on any atom is -0.381 e. The standard InChI is InChI=1S/C17H25NO/c1-13-4-2-6-15(8-13)16-9-17(10-16)18-11-14-5-3-7-19-12-14/h2,4,6,8,14,16-18H,3,5,7,9-12H2,1H3. The Kier molecular flexibility index (Phi) is 4.19.